The third-order valence-corrected chi connectivity index (χ3v) is 4.21. The molecule has 1 rings (SSSR count). The lowest BCUT2D eigenvalue weighted by atomic mass is 10.3. The number of hydrogen-bond donors (Lipinski definition) is 1. The molecule has 0 fully saturated rings. The van der Waals surface area contributed by atoms with Crippen LogP contribution in [0, 0.1) is 0 Å². The van der Waals surface area contributed by atoms with Crippen LogP contribution >= 0.6 is 0 Å². The maximum Gasteiger partial charge on any atom is 0.182 e. The Balaban J connectivity index is 2.71. The number of nitrogens with two attached hydrogens (primary N) is 1. The summed E-state index contributed by atoms with van der Waals surface area (Å²) in [6, 6.07) is 4.54. The molecule has 0 aliphatic heterocycles. The first kappa shape index (κ1) is 15.7. The first-order valence-corrected chi connectivity index (χ1v) is 7.39. The highest BCUT2D eigenvalue weighted by atomic mass is 32.2. The van der Waals surface area contributed by atoms with Crippen LogP contribution in [-0.4, -0.2) is 48.2 Å². The molecule has 0 radical (unpaired) electrons. The highest BCUT2D eigenvalue weighted by Crippen LogP contribution is 2.24. The zero-order valence-electron chi connectivity index (χ0n) is 11.1. The molecular formula is C12H19NO5S. The quantitative estimate of drug-likeness (QED) is 0.560. The summed E-state index contributed by atoms with van der Waals surface area (Å²) in [5, 5.41) is 0. The Bertz CT molecular complexity index is 501. The number of methoxy groups -OCH3 is 2. The minimum absolute atomic E-state index is 0.0715. The van der Waals surface area contributed by atoms with Gasteiger partial charge in [-0.3, -0.25) is 0 Å². The van der Waals surface area contributed by atoms with Gasteiger partial charge in [0, 0.05) is 13.2 Å². The normalized spacial score (nSPS) is 11.5. The fourth-order valence-electron chi connectivity index (χ4n) is 1.43. The van der Waals surface area contributed by atoms with Gasteiger partial charge in [-0.25, -0.2) is 8.42 Å². The highest BCUT2D eigenvalue weighted by Gasteiger charge is 2.18. The van der Waals surface area contributed by atoms with Crippen LogP contribution < -0.4 is 10.5 Å². The van der Waals surface area contributed by atoms with Crippen LogP contribution in [0.15, 0.2) is 23.1 Å². The van der Waals surface area contributed by atoms with Gasteiger partial charge in [-0.2, -0.15) is 0 Å². The number of ether oxygens (including phenoxy) is 3. The summed E-state index contributed by atoms with van der Waals surface area (Å²) >= 11 is 0. The molecule has 19 heavy (non-hydrogen) atoms. The number of rotatable bonds is 8. The van der Waals surface area contributed by atoms with Gasteiger partial charge in [-0.05, 0) is 12.1 Å². The second-order valence-corrected chi connectivity index (χ2v) is 5.91. The van der Waals surface area contributed by atoms with E-state index in [0.717, 1.165) is 0 Å². The summed E-state index contributed by atoms with van der Waals surface area (Å²) in [6.07, 6.45) is 0. The van der Waals surface area contributed by atoms with Crippen molar-refractivity contribution in [1.82, 2.24) is 0 Å². The summed E-state index contributed by atoms with van der Waals surface area (Å²) < 4.78 is 39.2. The second-order valence-electron chi connectivity index (χ2n) is 3.83. The van der Waals surface area contributed by atoms with Gasteiger partial charge in [0.2, 0.25) is 0 Å². The van der Waals surface area contributed by atoms with Gasteiger partial charge >= 0.3 is 0 Å². The number of sulfone groups is 1. The van der Waals surface area contributed by atoms with E-state index in [0.29, 0.717) is 19.0 Å². The molecule has 0 atom stereocenters. The molecule has 6 nitrogen and oxygen atoms in total. The van der Waals surface area contributed by atoms with Gasteiger partial charge < -0.3 is 19.9 Å². The average molecular weight is 289 g/mol. The molecule has 1 aromatic carbocycles. The lowest BCUT2D eigenvalue weighted by Gasteiger charge is -2.09. The maximum atomic E-state index is 12.1. The van der Waals surface area contributed by atoms with E-state index in [1.807, 2.05) is 0 Å². The Hall–Kier alpha value is -1.31. The highest BCUT2D eigenvalue weighted by molar-refractivity contribution is 7.91. The number of hydrogen-bond acceptors (Lipinski definition) is 6. The predicted octanol–water partition coefficient (Wildman–Crippen LogP) is 0.714. The zero-order chi connectivity index (χ0) is 14.3. The first-order valence-electron chi connectivity index (χ1n) is 5.74. The predicted molar refractivity (Wildman–Crippen MR) is 72.2 cm³/mol. The Kier molecular flexibility index (Phi) is 6.07. The van der Waals surface area contributed by atoms with E-state index in [9.17, 15) is 8.42 Å². The Morgan fingerprint density at radius 3 is 2.53 bits per heavy atom. The molecule has 7 heteroatoms. The van der Waals surface area contributed by atoms with Crippen LogP contribution in [0.25, 0.3) is 0 Å². The first-order chi connectivity index (χ1) is 9.01. The molecule has 1 aromatic rings. The van der Waals surface area contributed by atoms with Crippen LogP contribution in [0.2, 0.25) is 0 Å². The van der Waals surface area contributed by atoms with Gasteiger partial charge in [0.25, 0.3) is 0 Å². The largest absolute Gasteiger partial charge is 0.497 e. The van der Waals surface area contributed by atoms with Crippen LogP contribution in [0.4, 0.5) is 5.69 Å². The minimum atomic E-state index is -3.48. The van der Waals surface area contributed by atoms with Gasteiger partial charge in [0.15, 0.2) is 9.84 Å². The van der Waals surface area contributed by atoms with Crippen molar-refractivity contribution < 1.29 is 22.6 Å². The number of benzene rings is 1. The molecule has 0 heterocycles. The van der Waals surface area contributed by atoms with Crippen LogP contribution in [-0.2, 0) is 19.3 Å². The van der Waals surface area contributed by atoms with Crippen LogP contribution in [0.1, 0.15) is 0 Å². The van der Waals surface area contributed by atoms with E-state index in [4.69, 9.17) is 19.9 Å². The summed E-state index contributed by atoms with van der Waals surface area (Å²) in [6.45, 7) is 0.892. The summed E-state index contributed by atoms with van der Waals surface area (Å²) in [4.78, 5) is 0.0715. The maximum absolute atomic E-state index is 12.1. The molecule has 0 spiro atoms. The number of anilines is 1. The second kappa shape index (κ2) is 7.32. The van der Waals surface area contributed by atoms with E-state index in [2.05, 4.69) is 0 Å². The average Bonchev–Trinajstić information content (AvgIpc) is 2.39. The SMILES string of the molecule is COCCOCCS(=O)(=O)c1cc(OC)ccc1N. The van der Waals surface area contributed by atoms with Crippen molar-refractivity contribution >= 4 is 15.5 Å². The molecule has 108 valence electrons. The minimum Gasteiger partial charge on any atom is -0.497 e. The van der Waals surface area contributed by atoms with Gasteiger partial charge in [-0.15, -0.1) is 0 Å². The monoisotopic (exact) mass is 289 g/mol. The third-order valence-electron chi connectivity index (χ3n) is 2.48. The standard InChI is InChI=1S/C12H19NO5S/c1-16-5-6-18-7-8-19(14,15)12-9-10(17-2)3-4-11(12)13/h3-4,9H,5-8,13H2,1-2H3. The van der Waals surface area contributed by atoms with Crippen molar-refractivity contribution in [1.29, 1.82) is 0 Å². The smallest absolute Gasteiger partial charge is 0.182 e. The van der Waals surface area contributed by atoms with Crippen molar-refractivity contribution in [2.75, 3.05) is 45.5 Å². The Labute approximate surface area is 113 Å². The molecule has 0 saturated heterocycles. The molecule has 2 N–H and O–H groups in total. The molecule has 0 aromatic heterocycles. The fraction of sp³-hybridized carbons (Fsp3) is 0.500. The molecule has 0 aliphatic carbocycles. The lowest BCUT2D eigenvalue weighted by molar-refractivity contribution is 0.0785. The zero-order valence-corrected chi connectivity index (χ0v) is 11.9. The van der Waals surface area contributed by atoms with Crippen molar-refractivity contribution in [3.63, 3.8) is 0 Å². The van der Waals surface area contributed by atoms with E-state index >= 15 is 0 Å². The van der Waals surface area contributed by atoms with Crippen molar-refractivity contribution in [3.8, 4) is 5.75 Å². The van der Waals surface area contributed by atoms with E-state index in [-0.39, 0.29) is 22.9 Å². The van der Waals surface area contributed by atoms with E-state index in [1.54, 1.807) is 13.2 Å². The van der Waals surface area contributed by atoms with Crippen molar-refractivity contribution in [2.24, 2.45) is 0 Å². The van der Waals surface area contributed by atoms with Crippen LogP contribution in [0.5, 0.6) is 5.75 Å². The summed E-state index contributed by atoms with van der Waals surface area (Å²) in [5.41, 5.74) is 5.89. The van der Waals surface area contributed by atoms with Gasteiger partial charge in [0.05, 0.1) is 43.3 Å². The van der Waals surface area contributed by atoms with Crippen molar-refractivity contribution in [3.05, 3.63) is 18.2 Å². The number of nitrogen functional groups attached to an aromatic ring is 1. The molecule has 0 aliphatic rings. The summed E-state index contributed by atoms with van der Waals surface area (Å²) in [7, 11) is -0.461. The van der Waals surface area contributed by atoms with Crippen LogP contribution in [0.3, 0.4) is 0 Å². The Morgan fingerprint density at radius 2 is 1.89 bits per heavy atom. The molecule has 0 saturated carbocycles. The van der Waals surface area contributed by atoms with Gasteiger partial charge in [-0.1, -0.05) is 0 Å². The Morgan fingerprint density at radius 1 is 1.16 bits per heavy atom. The van der Waals surface area contributed by atoms with Crippen molar-refractivity contribution in [2.45, 2.75) is 4.90 Å². The molecular weight excluding hydrogens is 270 g/mol. The topological polar surface area (TPSA) is 87.8 Å². The van der Waals surface area contributed by atoms with E-state index < -0.39 is 9.84 Å². The molecule has 0 unspecified atom stereocenters. The molecule has 0 bridgehead atoms. The van der Waals surface area contributed by atoms with Gasteiger partial charge in [0.1, 0.15) is 5.75 Å². The molecule has 0 amide bonds. The third kappa shape index (κ3) is 4.70. The van der Waals surface area contributed by atoms with E-state index in [1.165, 1.54) is 19.2 Å². The lowest BCUT2D eigenvalue weighted by Crippen LogP contribution is -2.15. The fourth-order valence-corrected chi connectivity index (χ4v) is 2.71. The summed E-state index contributed by atoms with van der Waals surface area (Å²) in [5.74, 6) is 0.321.